The van der Waals surface area contributed by atoms with Crippen LogP contribution in [0, 0.1) is 11.3 Å². The van der Waals surface area contributed by atoms with E-state index in [4.69, 9.17) is 9.47 Å². The van der Waals surface area contributed by atoms with Gasteiger partial charge in [0.15, 0.2) is 11.5 Å². The van der Waals surface area contributed by atoms with E-state index in [0.717, 1.165) is 11.3 Å². The van der Waals surface area contributed by atoms with Crippen molar-refractivity contribution in [2.45, 2.75) is 12.6 Å². The summed E-state index contributed by atoms with van der Waals surface area (Å²) in [5.74, 6) is 0.989. The van der Waals surface area contributed by atoms with E-state index in [0.29, 0.717) is 25.4 Å². The van der Waals surface area contributed by atoms with E-state index in [1.165, 1.54) is 6.20 Å². The highest BCUT2D eigenvalue weighted by molar-refractivity contribution is 5.97. The van der Waals surface area contributed by atoms with Crippen LogP contribution in [-0.2, 0) is 11.3 Å². The van der Waals surface area contributed by atoms with Crippen LogP contribution in [0.4, 0.5) is 0 Å². The van der Waals surface area contributed by atoms with Crippen molar-refractivity contribution >= 4 is 5.91 Å². The molecule has 132 valence electrons. The molecule has 1 aliphatic heterocycles. The number of benzene rings is 2. The minimum Gasteiger partial charge on any atom is -0.486 e. The molecule has 0 fully saturated rings. The third kappa shape index (κ3) is 4.54. The van der Waals surface area contributed by atoms with E-state index in [2.05, 4.69) is 10.6 Å². The first-order valence-electron chi connectivity index (χ1n) is 8.30. The minimum atomic E-state index is -0.421. The van der Waals surface area contributed by atoms with Crippen LogP contribution in [0.2, 0.25) is 0 Å². The number of nitrogens with one attached hydrogen (secondary N) is 2. The van der Waals surface area contributed by atoms with Gasteiger partial charge in [-0.2, -0.15) is 5.26 Å². The molecule has 1 heterocycles. The van der Waals surface area contributed by atoms with Crippen LogP contribution >= 0.6 is 0 Å². The van der Waals surface area contributed by atoms with Gasteiger partial charge in [0, 0.05) is 12.7 Å². The monoisotopic (exact) mass is 349 g/mol. The van der Waals surface area contributed by atoms with Crippen molar-refractivity contribution < 1.29 is 14.3 Å². The van der Waals surface area contributed by atoms with Crippen LogP contribution in [0.25, 0.3) is 0 Å². The van der Waals surface area contributed by atoms with E-state index < -0.39 is 5.91 Å². The zero-order chi connectivity index (χ0) is 18.2. The number of carbonyl (C=O) groups is 1. The number of fused-ring (bicyclic) bond motifs is 1. The van der Waals surface area contributed by atoms with Gasteiger partial charge in [-0.3, -0.25) is 4.79 Å². The van der Waals surface area contributed by atoms with Crippen molar-refractivity contribution in [1.29, 1.82) is 5.26 Å². The number of para-hydroxylation sites is 2. The Labute approximate surface area is 152 Å². The molecule has 0 spiro atoms. The van der Waals surface area contributed by atoms with Crippen molar-refractivity contribution in [1.82, 2.24) is 10.6 Å². The molecule has 2 aromatic carbocycles. The van der Waals surface area contributed by atoms with E-state index in [1.807, 2.05) is 60.7 Å². The van der Waals surface area contributed by atoms with Crippen molar-refractivity contribution in [3.8, 4) is 17.6 Å². The smallest absolute Gasteiger partial charge is 0.263 e. The Bertz CT molecular complexity index is 828. The van der Waals surface area contributed by atoms with Crippen LogP contribution < -0.4 is 20.1 Å². The quantitative estimate of drug-likeness (QED) is 0.617. The van der Waals surface area contributed by atoms with Gasteiger partial charge in [-0.25, -0.2) is 0 Å². The molecule has 0 aromatic heterocycles. The van der Waals surface area contributed by atoms with Gasteiger partial charge in [0.1, 0.15) is 24.4 Å². The predicted molar refractivity (Wildman–Crippen MR) is 96.3 cm³/mol. The van der Waals surface area contributed by atoms with Crippen LogP contribution in [0.15, 0.2) is 66.4 Å². The summed E-state index contributed by atoms with van der Waals surface area (Å²) in [6, 6.07) is 18.9. The summed E-state index contributed by atoms with van der Waals surface area (Å²) in [5, 5.41) is 14.9. The summed E-state index contributed by atoms with van der Waals surface area (Å²) >= 11 is 0. The highest BCUT2D eigenvalue weighted by Crippen LogP contribution is 2.30. The standard InChI is InChI=1S/C20H19N3O3/c21-10-16(20(24)23-11-15-6-2-1-3-7-15)12-22-13-17-14-25-18-8-4-5-9-19(18)26-17/h1-9,12,17,22H,11,13-14H2,(H,23,24)/b16-12-. The van der Waals surface area contributed by atoms with Gasteiger partial charge in [0.25, 0.3) is 5.91 Å². The lowest BCUT2D eigenvalue weighted by molar-refractivity contribution is -0.117. The molecule has 0 aliphatic carbocycles. The van der Waals surface area contributed by atoms with Gasteiger partial charge in [0.05, 0.1) is 6.54 Å². The van der Waals surface area contributed by atoms with E-state index in [9.17, 15) is 10.1 Å². The van der Waals surface area contributed by atoms with E-state index in [1.54, 1.807) is 0 Å². The van der Waals surface area contributed by atoms with Gasteiger partial charge in [-0.15, -0.1) is 0 Å². The number of nitriles is 1. The van der Waals surface area contributed by atoms with E-state index in [-0.39, 0.29) is 11.7 Å². The van der Waals surface area contributed by atoms with Gasteiger partial charge < -0.3 is 20.1 Å². The molecule has 1 atom stereocenters. The summed E-state index contributed by atoms with van der Waals surface area (Å²) in [5.41, 5.74) is 0.982. The summed E-state index contributed by atoms with van der Waals surface area (Å²) in [6.45, 7) is 1.19. The van der Waals surface area contributed by atoms with Gasteiger partial charge in [-0.1, -0.05) is 42.5 Å². The summed E-state index contributed by atoms with van der Waals surface area (Å²) in [6.07, 6.45) is 1.21. The van der Waals surface area contributed by atoms with Gasteiger partial charge in [-0.05, 0) is 17.7 Å². The zero-order valence-electron chi connectivity index (χ0n) is 14.1. The second-order valence-corrected chi connectivity index (χ2v) is 5.74. The number of carbonyl (C=O) groups excluding carboxylic acids is 1. The third-order valence-corrected chi connectivity index (χ3v) is 3.82. The number of rotatable bonds is 6. The molecule has 2 N–H and O–H groups in total. The fourth-order valence-corrected chi connectivity index (χ4v) is 2.48. The Morgan fingerprint density at radius 3 is 2.65 bits per heavy atom. The number of hydrogen-bond acceptors (Lipinski definition) is 5. The molecule has 6 nitrogen and oxygen atoms in total. The number of ether oxygens (including phenoxy) is 2. The Kier molecular flexibility index (Phi) is 5.73. The maximum absolute atomic E-state index is 12.1. The molecule has 26 heavy (non-hydrogen) atoms. The normalized spacial score (nSPS) is 15.7. The molecular formula is C20H19N3O3. The first kappa shape index (κ1) is 17.4. The van der Waals surface area contributed by atoms with Crippen LogP contribution in [0.5, 0.6) is 11.5 Å². The van der Waals surface area contributed by atoms with Crippen LogP contribution in [0.1, 0.15) is 5.56 Å². The second kappa shape index (κ2) is 8.58. The Hall–Kier alpha value is -3.46. The van der Waals surface area contributed by atoms with Crippen molar-refractivity contribution in [3.63, 3.8) is 0 Å². The molecule has 0 radical (unpaired) electrons. The minimum absolute atomic E-state index is 0.0121. The number of nitrogens with zero attached hydrogens (tertiary/aromatic N) is 1. The van der Waals surface area contributed by atoms with Gasteiger partial charge in [0.2, 0.25) is 0 Å². The van der Waals surface area contributed by atoms with Crippen LogP contribution in [-0.4, -0.2) is 25.2 Å². The average Bonchev–Trinajstić information content (AvgIpc) is 2.70. The molecular weight excluding hydrogens is 330 g/mol. The first-order valence-corrected chi connectivity index (χ1v) is 8.30. The molecule has 1 unspecified atom stereocenters. The van der Waals surface area contributed by atoms with Gasteiger partial charge >= 0.3 is 0 Å². The largest absolute Gasteiger partial charge is 0.486 e. The fourth-order valence-electron chi connectivity index (χ4n) is 2.48. The molecule has 0 saturated heterocycles. The highest BCUT2D eigenvalue weighted by atomic mass is 16.6. The lowest BCUT2D eigenvalue weighted by Crippen LogP contribution is -2.37. The van der Waals surface area contributed by atoms with Crippen molar-refractivity contribution in [3.05, 3.63) is 71.9 Å². The topological polar surface area (TPSA) is 83.4 Å². The Morgan fingerprint density at radius 1 is 1.15 bits per heavy atom. The highest BCUT2D eigenvalue weighted by Gasteiger charge is 2.20. The van der Waals surface area contributed by atoms with Crippen molar-refractivity contribution in [2.24, 2.45) is 0 Å². The summed E-state index contributed by atoms with van der Waals surface area (Å²) < 4.78 is 11.4. The lowest BCUT2D eigenvalue weighted by atomic mass is 10.2. The van der Waals surface area contributed by atoms with Crippen LogP contribution in [0.3, 0.4) is 0 Å². The Morgan fingerprint density at radius 2 is 1.88 bits per heavy atom. The molecule has 0 saturated carbocycles. The predicted octanol–water partition coefficient (Wildman–Crippen LogP) is 2.14. The lowest BCUT2D eigenvalue weighted by Gasteiger charge is -2.26. The van der Waals surface area contributed by atoms with E-state index >= 15 is 0 Å². The molecule has 1 amide bonds. The van der Waals surface area contributed by atoms with Crippen molar-refractivity contribution in [2.75, 3.05) is 13.2 Å². The molecule has 6 heteroatoms. The second-order valence-electron chi connectivity index (χ2n) is 5.74. The summed E-state index contributed by atoms with van der Waals surface area (Å²) in [7, 11) is 0. The summed E-state index contributed by atoms with van der Waals surface area (Å²) in [4.78, 5) is 12.1. The molecule has 2 aromatic rings. The zero-order valence-corrected chi connectivity index (χ0v) is 14.1. The molecule has 0 bridgehead atoms. The third-order valence-electron chi connectivity index (χ3n) is 3.82. The average molecular weight is 349 g/mol. The Balaban J connectivity index is 1.49. The maximum atomic E-state index is 12.1. The molecule has 3 rings (SSSR count). The molecule has 1 aliphatic rings. The first-order chi connectivity index (χ1) is 12.8. The fraction of sp³-hybridized carbons (Fsp3) is 0.200. The maximum Gasteiger partial charge on any atom is 0.263 e. The SMILES string of the molecule is N#C/C(=C/NCC1COc2ccccc2O1)C(=O)NCc1ccccc1. The number of amides is 1. The number of hydrogen-bond donors (Lipinski definition) is 2.